The Morgan fingerprint density at radius 2 is 1.80 bits per heavy atom. The van der Waals surface area contributed by atoms with Crippen LogP contribution in [0.15, 0.2) is 60.8 Å². The summed E-state index contributed by atoms with van der Waals surface area (Å²) in [5, 5.41) is 12.7. The maximum absolute atomic E-state index is 10.3. The maximum Gasteiger partial charge on any atom is 0.0845 e. The van der Waals surface area contributed by atoms with Crippen LogP contribution in [0.3, 0.4) is 0 Å². The molecule has 0 saturated carbocycles. The molecule has 1 heterocycles. The van der Waals surface area contributed by atoms with E-state index in [-0.39, 0.29) is 0 Å². The molecule has 0 radical (unpaired) electrons. The van der Waals surface area contributed by atoms with Crippen LogP contribution < -0.4 is 0 Å². The van der Waals surface area contributed by atoms with Crippen LogP contribution in [0.5, 0.6) is 0 Å². The molecule has 1 atom stereocenters. The second-order valence-corrected chi connectivity index (χ2v) is 5.13. The van der Waals surface area contributed by atoms with Crippen LogP contribution in [0.2, 0.25) is 0 Å². The number of fused-ring (bicyclic) bond motifs is 1. The molecule has 1 N–H and O–H groups in total. The van der Waals surface area contributed by atoms with Gasteiger partial charge in [0.05, 0.1) is 6.10 Å². The number of nitrogens with zero attached hydrogens (tertiary/aromatic N) is 1. The van der Waals surface area contributed by atoms with Gasteiger partial charge in [0.1, 0.15) is 0 Å². The van der Waals surface area contributed by atoms with Crippen molar-refractivity contribution < 1.29 is 5.11 Å². The van der Waals surface area contributed by atoms with Crippen molar-refractivity contribution in [3.05, 3.63) is 77.6 Å². The highest BCUT2D eigenvalue weighted by Crippen LogP contribution is 2.21. The second kappa shape index (κ2) is 5.43. The summed E-state index contributed by atoms with van der Waals surface area (Å²) in [4.78, 5) is 4.23. The average Bonchev–Trinajstić information content (AvgIpc) is 2.48. The van der Waals surface area contributed by atoms with Gasteiger partial charge >= 0.3 is 0 Å². The van der Waals surface area contributed by atoms with Crippen LogP contribution in [-0.4, -0.2) is 10.1 Å². The molecule has 2 heteroatoms. The standard InChI is InChI=1S/C18H17NO/c1-13-6-8-17(12-19-13)18(20)11-14-7-9-15-4-2-3-5-16(15)10-14/h2-10,12,18,20H,11H2,1H3. The lowest BCUT2D eigenvalue weighted by molar-refractivity contribution is 0.178. The molecule has 0 aliphatic carbocycles. The highest BCUT2D eigenvalue weighted by molar-refractivity contribution is 5.82. The van der Waals surface area contributed by atoms with Gasteiger partial charge in [0.15, 0.2) is 0 Å². The van der Waals surface area contributed by atoms with Gasteiger partial charge < -0.3 is 5.11 Å². The first-order valence-corrected chi connectivity index (χ1v) is 6.81. The second-order valence-electron chi connectivity index (χ2n) is 5.13. The number of rotatable bonds is 3. The molecule has 2 aromatic carbocycles. The third kappa shape index (κ3) is 2.70. The zero-order valence-electron chi connectivity index (χ0n) is 11.5. The summed E-state index contributed by atoms with van der Waals surface area (Å²) in [6.45, 7) is 1.94. The SMILES string of the molecule is Cc1ccc(C(O)Cc2ccc3ccccc3c2)cn1. The van der Waals surface area contributed by atoms with E-state index in [1.165, 1.54) is 10.8 Å². The molecule has 0 fully saturated rings. The third-order valence-electron chi connectivity index (χ3n) is 3.56. The van der Waals surface area contributed by atoms with E-state index in [4.69, 9.17) is 0 Å². The molecule has 20 heavy (non-hydrogen) atoms. The number of aryl methyl sites for hydroxylation is 1. The molecule has 3 aromatic rings. The zero-order valence-corrected chi connectivity index (χ0v) is 11.5. The van der Waals surface area contributed by atoms with Gasteiger partial charge in [-0.3, -0.25) is 4.98 Å². The number of hydrogen-bond acceptors (Lipinski definition) is 2. The first-order chi connectivity index (χ1) is 9.72. The van der Waals surface area contributed by atoms with Crippen molar-refractivity contribution in [1.29, 1.82) is 0 Å². The highest BCUT2D eigenvalue weighted by Gasteiger charge is 2.09. The summed E-state index contributed by atoms with van der Waals surface area (Å²) >= 11 is 0. The molecular formula is C18H17NO. The molecular weight excluding hydrogens is 246 g/mol. The van der Waals surface area contributed by atoms with Crippen LogP contribution >= 0.6 is 0 Å². The van der Waals surface area contributed by atoms with E-state index >= 15 is 0 Å². The normalized spacial score (nSPS) is 12.5. The fourth-order valence-electron chi connectivity index (χ4n) is 2.38. The van der Waals surface area contributed by atoms with Gasteiger partial charge in [-0.25, -0.2) is 0 Å². The molecule has 1 aromatic heterocycles. The van der Waals surface area contributed by atoms with E-state index in [9.17, 15) is 5.11 Å². The molecule has 0 aliphatic rings. The number of aromatic nitrogens is 1. The summed E-state index contributed by atoms with van der Waals surface area (Å²) in [5.41, 5.74) is 2.96. The fraction of sp³-hybridized carbons (Fsp3) is 0.167. The van der Waals surface area contributed by atoms with Crippen LogP contribution in [0.1, 0.15) is 22.9 Å². The van der Waals surface area contributed by atoms with Crippen LogP contribution in [0.25, 0.3) is 10.8 Å². The molecule has 2 nitrogen and oxygen atoms in total. The largest absolute Gasteiger partial charge is 0.388 e. The summed E-state index contributed by atoms with van der Waals surface area (Å²) in [6, 6.07) is 18.4. The molecule has 100 valence electrons. The Labute approximate surface area is 118 Å². The van der Waals surface area contributed by atoms with E-state index in [1.807, 2.05) is 31.2 Å². The molecule has 3 rings (SSSR count). The lowest BCUT2D eigenvalue weighted by Gasteiger charge is -2.11. The smallest absolute Gasteiger partial charge is 0.0845 e. The average molecular weight is 263 g/mol. The third-order valence-corrected chi connectivity index (χ3v) is 3.56. The Morgan fingerprint density at radius 3 is 2.55 bits per heavy atom. The fourth-order valence-corrected chi connectivity index (χ4v) is 2.38. The Kier molecular flexibility index (Phi) is 3.48. The van der Waals surface area contributed by atoms with Gasteiger partial charge in [0, 0.05) is 18.3 Å². The quantitative estimate of drug-likeness (QED) is 0.779. The number of hydrogen-bond donors (Lipinski definition) is 1. The van der Waals surface area contributed by atoms with Crippen molar-refractivity contribution in [2.24, 2.45) is 0 Å². The summed E-state index contributed by atoms with van der Waals surface area (Å²) < 4.78 is 0. The minimum atomic E-state index is -0.510. The predicted octanol–water partition coefficient (Wildman–Crippen LogP) is 3.82. The lowest BCUT2D eigenvalue weighted by atomic mass is 10.00. The minimum Gasteiger partial charge on any atom is -0.388 e. The first kappa shape index (κ1) is 12.8. The Hall–Kier alpha value is -2.19. The number of aliphatic hydroxyl groups excluding tert-OH is 1. The molecule has 0 spiro atoms. The summed E-state index contributed by atoms with van der Waals surface area (Å²) in [7, 11) is 0. The van der Waals surface area contributed by atoms with E-state index in [2.05, 4.69) is 35.3 Å². The van der Waals surface area contributed by atoms with Crippen molar-refractivity contribution in [2.75, 3.05) is 0 Å². The van der Waals surface area contributed by atoms with Gasteiger partial charge in [-0.1, -0.05) is 48.5 Å². The molecule has 0 bridgehead atoms. The van der Waals surface area contributed by atoms with E-state index in [0.717, 1.165) is 16.8 Å². The highest BCUT2D eigenvalue weighted by atomic mass is 16.3. The van der Waals surface area contributed by atoms with Gasteiger partial charge in [0.2, 0.25) is 0 Å². The number of aliphatic hydroxyl groups is 1. The van der Waals surface area contributed by atoms with Crippen LogP contribution in [-0.2, 0) is 6.42 Å². The summed E-state index contributed by atoms with van der Waals surface area (Å²) in [5.74, 6) is 0. The molecule has 0 saturated heterocycles. The topological polar surface area (TPSA) is 33.1 Å². The molecule has 0 amide bonds. The van der Waals surface area contributed by atoms with Crippen molar-refractivity contribution in [1.82, 2.24) is 4.98 Å². The molecule has 0 aliphatic heterocycles. The lowest BCUT2D eigenvalue weighted by Crippen LogP contribution is -2.02. The number of benzene rings is 2. The van der Waals surface area contributed by atoms with Gasteiger partial charge in [-0.05, 0) is 34.9 Å². The van der Waals surface area contributed by atoms with Gasteiger partial charge in [-0.2, -0.15) is 0 Å². The number of pyridine rings is 1. The van der Waals surface area contributed by atoms with Crippen LogP contribution in [0, 0.1) is 6.92 Å². The maximum atomic E-state index is 10.3. The Bertz CT molecular complexity index is 719. The van der Waals surface area contributed by atoms with Gasteiger partial charge in [-0.15, -0.1) is 0 Å². The van der Waals surface area contributed by atoms with Crippen molar-refractivity contribution in [3.63, 3.8) is 0 Å². The molecule has 1 unspecified atom stereocenters. The minimum absolute atomic E-state index is 0.510. The monoisotopic (exact) mass is 263 g/mol. The van der Waals surface area contributed by atoms with Crippen LogP contribution in [0.4, 0.5) is 0 Å². The van der Waals surface area contributed by atoms with E-state index in [0.29, 0.717) is 6.42 Å². The van der Waals surface area contributed by atoms with Crippen molar-refractivity contribution in [3.8, 4) is 0 Å². The van der Waals surface area contributed by atoms with Gasteiger partial charge in [0.25, 0.3) is 0 Å². The van der Waals surface area contributed by atoms with E-state index in [1.54, 1.807) is 6.20 Å². The summed E-state index contributed by atoms with van der Waals surface area (Å²) in [6.07, 6.45) is 1.85. The van der Waals surface area contributed by atoms with Crippen molar-refractivity contribution >= 4 is 10.8 Å². The first-order valence-electron chi connectivity index (χ1n) is 6.81. The van der Waals surface area contributed by atoms with Crippen molar-refractivity contribution in [2.45, 2.75) is 19.4 Å². The zero-order chi connectivity index (χ0) is 13.9. The van der Waals surface area contributed by atoms with E-state index < -0.39 is 6.10 Å². The Balaban J connectivity index is 1.83. The predicted molar refractivity (Wildman–Crippen MR) is 81.6 cm³/mol. The Morgan fingerprint density at radius 1 is 1.00 bits per heavy atom.